The molecule has 0 aromatic carbocycles. The van der Waals surface area contributed by atoms with Crippen LogP contribution >= 0.6 is 11.3 Å². The molecule has 0 aliphatic heterocycles. The molecule has 1 fully saturated rings. The third-order valence-corrected chi connectivity index (χ3v) is 5.78. The number of halogens is 2. The van der Waals surface area contributed by atoms with E-state index in [4.69, 9.17) is 10.1 Å². The van der Waals surface area contributed by atoms with Crippen LogP contribution in [0.5, 0.6) is 5.75 Å². The van der Waals surface area contributed by atoms with E-state index in [1.165, 1.54) is 43.0 Å². The van der Waals surface area contributed by atoms with Crippen molar-refractivity contribution in [1.82, 2.24) is 20.3 Å². The Morgan fingerprint density at radius 2 is 1.87 bits per heavy atom. The minimum atomic E-state index is -2.82. The number of rotatable bonds is 7. The smallest absolute Gasteiger partial charge is 0.280 e. The number of alkyl halides is 2. The summed E-state index contributed by atoms with van der Waals surface area (Å²) in [6, 6.07) is 2.62. The number of methoxy groups -OCH3 is 1. The SMILES string of the molecule is C=CC(=N)c1cc(-c2cc(C(F)F)ncc2OC)c(C(=O)Nc2ncc(C#CC3CC3)s2)cn1.CC.CNC. The molecule has 3 N–H and O–H groups in total. The van der Waals surface area contributed by atoms with Crippen molar-refractivity contribution in [1.29, 1.82) is 5.41 Å². The minimum Gasteiger partial charge on any atom is -0.494 e. The highest BCUT2D eigenvalue weighted by molar-refractivity contribution is 7.16. The largest absolute Gasteiger partial charge is 0.494 e. The number of hydrogen-bond donors (Lipinski definition) is 3. The van der Waals surface area contributed by atoms with Gasteiger partial charge in [0.1, 0.15) is 11.4 Å². The molecule has 4 rings (SSSR count). The molecule has 206 valence electrons. The molecule has 39 heavy (non-hydrogen) atoms. The van der Waals surface area contributed by atoms with Crippen LogP contribution in [0, 0.1) is 23.2 Å². The summed E-state index contributed by atoms with van der Waals surface area (Å²) in [5.41, 5.74) is 0.304. The maximum absolute atomic E-state index is 13.4. The topological polar surface area (TPSA) is 113 Å². The quantitative estimate of drug-likeness (QED) is 0.245. The fraction of sp³-hybridized carbons (Fsp3) is 0.321. The number of carbonyl (C=O) groups excluding carboxylic acids is 1. The molecule has 0 unspecified atom stereocenters. The molecule has 3 heterocycles. The first-order valence-corrected chi connectivity index (χ1v) is 13.0. The summed E-state index contributed by atoms with van der Waals surface area (Å²) >= 11 is 1.23. The van der Waals surface area contributed by atoms with Gasteiger partial charge in [-0.3, -0.25) is 25.5 Å². The van der Waals surface area contributed by atoms with Crippen LogP contribution in [0.2, 0.25) is 0 Å². The molecule has 0 radical (unpaired) electrons. The minimum absolute atomic E-state index is 0.00844. The number of ether oxygens (including phenoxy) is 1. The molecule has 0 saturated heterocycles. The van der Waals surface area contributed by atoms with Crippen LogP contribution in [0.15, 0.2) is 43.4 Å². The second-order valence-corrected chi connectivity index (χ2v) is 8.90. The second-order valence-electron chi connectivity index (χ2n) is 7.87. The van der Waals surface area contributed by atoms with Gasteiger partial charge in [0.25, 0.3) is 12.3 Å². The van der Waals surface area contributed by atoms with E-state index in [-0.39, 0.29) is 33.8 Å². The Bertz CT molecular complexity index is 1360. The Morgan fingerprint density at radius 3 is 2.46 bits per heavy atom. The lowest BCUT2D eigenvalue weighted by Crippen LogP contribution is -2.15. The first-order chi connectivity index (χ1) is 18.8. The third kappa shape index (κ3) is 8.77. The Balaban J connectivity index is 0.000000998. The van der Waals surface area contributed by atoms with Crippen molar-refractivity contribution in [3.8, 4) is 28.7 Å². The number of hydrogen-bond acceptors (Lipinski definition) is 8. The van der Waals surface area contributed by atoms with Crippen LogP contribution in [0.1, 0.15) is 59.7 Å². The third-order valence-electron chi connectivity index (χ3n) is 4.95. The predicted octanol–water partition coefficient (Wildman–Crippen LogP) is 5.98. The fourth-order valence-electron chi connectivity index (χ4n) is 3.02. The summed E-state index contributed by atoms with van der Waals surface area (Å²) in [7, 11) is 5.12. The maximum Gasteiger partial charge on any atom is 0.280 e. The molecule has 1 saturated carbocycles. The number of nitrogens with one attached hydrogen (secondary N) is 3. The fourth-order valence-corrected chi connectivity index (χ4v) is 3.69. The van der Waals surface area contributed by atoms with E-state index in [1.807, 2.05) is 27.9 Å². The summed E-state index contributed by atoms with van der Waals surface area (Å²) in [5, 5.41) is 13.8. The number of aromatic nitrogens is 3. The van der Waals surface area contributed by atoms with Crippen molar-refractivity contribution < 1.29 is 18.3 Å². The molecule has 0 atom stereocenters. The van der Waals surface area contributed by atoms with E-state index in [1.54, 1.807) is 6.20 Å². The van der Waals surface area contributed by atoms with Gasteiger partial charge >= 0.3 is 0 Å². The van der Waals surface area contributed by atoms with Gasteiger partial charge < -0.3 is 10.1 Å². The van der Waals surface area contributed by atoms with Crippen LogP contribution in [0.3, 0.4) is 0 Å². The van der Waals surface area contributed by atoms with E-state index >= 15 is 0 Å². The average Bonchev–Trinajstić information content (AvgIpc) is 3.69. The number of amides is 1. The number of anilines is 1. The monoisotopic (exact) mass is 554 g/mol. The van der Waals surface area contributed by atoms with Crippen molar-refractivity contribution in [2.45, 2.75) is 33.1 Å². The molecule has 3 aromatic rings. The Labute approximate surface area is 231 Å². The van der Waals surface area contributed by atoms with Gasteiger partial charge in [-0.05, 0) is 45.1 Å². The zero-order chi connectivity index (χ0) is 28.9. The second kappa shape index (κ2) is 15.4. The normalized spacial score (nSPS) is 11.6. The molecule has 1 amide bonds. The summed E-state index contributed by atoms with van der Waals surface area (Å²) < 4.78 is 32.0. The summed E-state index contributed by atoms with van der Waals surface area (Å²) in [6.45, 7) is 7.56. The van der Waals surface area contributed by atoms with Gasteiger partial charge in [0.15, 0.2) is 5.13 Å². The van der Waals surface area contributed by atoms with Gasteiger partial charge in [0.05, 0.1) is 41.3 Å². The highest BCUT2D eigenvalue weighted by atomic mass is 32.1. The zero-order valence-corrected chi connectivity index (χ0v) is 23.4. The van der Waals surface area contributed by atoms with Crippen molar-refractivity contribution in [3.05, 3.63) is 65.2 Å². The molecule has 3 aromatic heterocycles. The van der Waals surface area contributed by atoms with Crippen molar-refractivity contribution in [2.75, 3.05) is 26.5 Å². The van der Waals surface area contributed by atoms with E-state index in [0.717, 1.165) is 23.8 Å². The molecule has 1 aliphatic carbocycles. The van der Waals surface area contributed by atoms with Crippen LogP contribution < -0.4 is 15.4 Å². The number of pyridine rings is 2. The van der Waals surface area contributed by atoms with Crippen LogP contribution in [0.4, 0.5) is 13.9 Å². The van der Waals surface area contributed by atoms with Gasteiger partial charge in [0.2, 0.25) is 0 Å². The van der Waals surface area contributed by atoms with Crippen LogP contribution in [-0.4, -0.2) is 47.8 Å². The lowest BCUT2D eigenvalue weighted by Gasteiger charge is -2.14. The van der Waals surface area contributed by atoms with Gasteiger partial charge in [-0.25, -0.2) is 13.8 Å². The van der Waals surface area contributed by atoms with E-state index < -0.39 is 18.0 Å². The first kappa shape index (κ1) is 31.2. The van der Waals surface area contributed by atoms with Gasteiger partial charge in [-0.1, -0.05) is 43.6 Å². The maximum atomic E-state index is 13.4. The van der Waals surface area contributed by atoms with Crippen molar-refractivity contribution in [2.24, 2.45) is 5.92 Å². The Morgan fingerprint density at radius 1 is 1.18 bits per heavy atom. The number of carbonyl (C=O) groups is 1. The van der Waals surface area contributed by atoms with E-state index in [2.05, 4.69) is 44.0 Å². The lowest BCUT2D eigenvalue weighted by atomic mass is 9.98. The van der Waals surface area contributed by atoms with E-state index in [9.17, 15) is 13.6 Å². The Kier molecular flexibility index (Phi) is 12.3. The highest BCUT2D eigenvalue weighted by Crippen LogP contribution is 2.35. The van der Waals surface area contributed by atoms with Crippen molar-refractivity contribution in [3.63, 3.8) is 0 Å². The number of allylic oxidation sites excluding steroid dienone is 1. The van der Waals surface area contributed by atoms with Gasteiger partial charge in [0, 0.05) is 23.2 Å². The molecule has 0 bridgehead atoms. The summed E-state index contributed by atoms with van der Waals surface area (Å²) in [4.78, 5) is 26.0. The predicted molar refractivity (Wildman–Crippen MR) is 152 cm³/mol. The van der Waals surface area contributed by atoms with Gasteiger partial charge in [-0.15, -0.1) is 0 Å². The standard InChI is InChI=1S/C24H19F2N5O2S.C2H7N.C2H6/c1-3-18(27)19-8-15(16-9-20(22(25)26)29-12-21(16)33-2)17(11-28-19)23(32)31-24-30-10-14(34-24)7-6-13-4-5-13;1-3-2;1-2/h3,8-13,22,27H,1,4-5H2,2H3,(H,30,31,32);3H,1-2H3;1-2H3. The summed E-state index contributed by atoms with van der Waals surface area (Å²) in [5.74, 6) is 6.27. The lowest BCUT2D eigenvalue weighted by molar-refractivity contribution is 0.102. The summed E-state index contributed by atoms with van der Waals surface area (Å²) in [6.07, 6.45) is 4.72. The first-order valence-electron chi connectivity index (χ1n) is 12.2. The van der Waals surface area contributed by atoms with Gasteiger partial charge in [-0.2, -0.15) is 0 Å². The number of thiazole rings is 1. The molecule has 11 heteroatoms. The highest BCUT2D eigenvalue weighted by Gasteiger charge is 2.22. The average molecular weight is 555 g/mol. The van der Waals surface area contributed by atoms with Crippen molar-refractivity contribution >= 4 is 28.1 Å². The van der Waals surface area contributed by atoms with E-state index in [0.29, 0.717) is 11.0 Å². The molecule has 1 aliphatic rings. The zero-order valence-electron chi connectivity index (χ0n) is 22.6. The molecular weight excluding hydrogens is 522 g/mol. The van der Waals surface area contributed by atoms with Crippen LogP contribution in [0.25, 0.3) is 11.1 Å². The Hall–Kier alpha value is -4.01. The van der Waals surface area contributed by atoms with Crippen LogP contribution in [-0.2, 0) is 0 Å². The molecular formula is C28H32F2N6O2S. The molecule has 0 spiro atoms. The molecule has 8 nitrogen and oxygen atoms in total. The number of nitrogens with zero attached hydrogens (tertiary/aromatic N) is 3.